The molecule has 0 aliphatic heterocycles. The second-order valence-corrected chi connectivity index (χ2v) is 7.42. The van der Waals surface area contributed by atoms with Crippen LogP contribution in [0.3, 0.4) is 0 Å². The maximum absolute atomic E-state index is 12.0. The molecule has 1 heterocycles. The van der Waals surface area contributed by atoms with Crippen LogP contribution < -0.4 is 5.32 Å². The second-order valence-electron chi connectivity index (χ2n) is 5.44. The van der Waals surface area contributed by atoms with Gasteiger partial charge in [-0.2, -0.15) is 4.31 Å². The number of nitrogens with one attached hydrogen (secondary N) is 1. The van der Waals surface area contributed by atoms with Gasteiger partial charge in [0.15, 0.2) is 0 Å². The van der Waals surface area contributed by atoms with Gasteiger partial charge in [-0.25, -0.2) is 8.42 Å². The summed E-state index contributed by atoms with van der Waals surface area (Å²) in [5.74, 6) is -0.327. The molecule has 0 aliphatic rings. The van der Waals surface area contributed by atoms with Gasteiger partial charge in [-0.05, 0) is 24.1 Å². The Hall–Kier alpha value is -2.25. The number of carbonyl (C=O) groups is 1. The zero-order valence-electron chi connectivity index (χ0n) is 13.6. The first-order chi connectivity index (χ1) is 11.4. The van der Waals surface area contributed by atoms with Gasteiger partial charge >= 0.3 is 0 Å². The Bertz CT molecular complexity index is 749. The fourth-order valence-electron chi connectivity index (χ4n) is 2.17. The van der Waals surface area contributed by atoms with Gasteiger partial charge in [0.25, 0.3) is 0 Å². The van der Waals surface area contributed by atoms with E-state index in [4.69, 9.17) is 0 Å². The lowest BCUT2D eigenvalue weighted by molar-refractivity contribution is -0.121. The van der Waals surface area contributed by atoms with E-state index in [2.05, 4.69) is 10.3 Å². The van der Waals surface area contributed by atoms with E-state index in [-0.39, 0.29) is 19.0 Å². The van der Waals surface area contributed by atoms with Crippen molar-refractivity contribution in [3.8, 4) is 0 Å². The van der Waals surface area contributed by atoms with Crippen molar-refractivity contribution < 1.29 is 13.2 Å². The lowest BCUT2D eigenvalue weighted by Crippen LogP contribution is -2.40. The molecule has 2 aromatic rings. The van der Waals surface area contributed by atoms with E-state index in [0.29, 0.717) is 18.7 Å². The molecule has 1 aromatic carbocycles. The molecule has 1 N–H and O–H groups in total. The molecular formula is C17H21N3O3S. The average molecular weight is 347 g/mol. The van der Waals surface area contributed by atoms with E-state index in [0.717, 1.165) is 16.1 Å². The number of carbonyl (C=O) groups excluding carboxylic acids is 1. The van der Waals surface area contributed by atoms with Crippen LogP contribution in [0.4, 0.5) is 0 Å². The highest BCUT2D eigenvalue weighted by Crippen LogP contribution is 2.05. The maximum Gasteiger partial charge on any atom is 0.235 e. The van der Waals surface area contributed by atoms with Gasteiger partial charge in [-0.15, -0.1) is 0 Å². The first-order valence-corrected chi connectivity index (χ1v) is 9.45. The summed E-state index contributed by atoms with van der Waals surface area (Å²) in [6.45, 7) is 0.319. The predicted molar refractivity (Wildman–Crippen MR) is 92.6 cm³/mol. The summed E-state index contributed by atoms with van der Waals surface area (Å²) in [7, 11) is -3.50. The quantitative estimate of drug-likeness (QED) is 0.778. The van der Waals surface area contributed by atoms with Crippen LogP contribution in [0.2, 0.25) is 0 Å². The van der Waals surface area contributed by atoms with Crippen LogP contribution in [0.15, 0.2) is 54.7 Å². The van der Waals surface area contributed by atoms with Crippen LogP contribution in [0.25, 0.3) is 0 Å². The van der Waals surface area contributed by atoms with Crippen LogP contribution in [0, 0.1) is 0 Å². The first-order valence-electron chi connectivity index (χ1n) is 7.61. The summed E-state index contributed by atoms with van der Waals surface area (Å²) in [6, 6.07) is 15.0. The molecule has 0 aliphatic carbocycles. The molecule has 1 aromatic heterocycles. The van der Waals surface area contributed by atoms with Crippen molar-refractivity contribution in [1.82, 2.24) is 14.6 Å². The standard InChI is InChI=1S/C17H21N3O3S/c1-24(22,23)20(13-16-9-5-6-11-18-16)14-17(21)19-12-10-15-7-3-2-4-8-15/h2-9,11H,10,12-14H2,1H3,(H,19,21). The molecule has 0 bridgehead atoms. The summed E-state index contributed by atoms with van der Waals surface area (Å²) in [5, 5.41) is 2.75. The van der Waals surface area contributed by atoms with Crippen molar-refractivity contribution in [2.24, 2.45) is 0 Å². The molecule has 24 heavy (non-hydrogen) atoms. The minimum absolute atomic E-state index is 0.0752. The third-order valence-electron chi connectivity index (χ3n) is 3.43. The van der Waals surface area contributed by atoms with Gasteiger partial charge in [0.2, 0.25) is 15.9 Å². The highest BCUT2D eigenvalue weighted by Gasteiger charge is 2.20. The molecular weight excluding hydrogens is 326 g/mol. The van der Waals surface area contributed by atoms with E-state index in [1.54, 1.807) is 24.4 Å². The van der Waals surface area contributed by atoms with Crippen molar-refractivity contribution in [3.05, 3.63) is 66.0 Å². The number of rotatable bonds is 8. The topological polar surface area (TPSA) is 79.4 Å². The third kappa shape index (κ3) is 6.10. The normalized spacial score (nSPS) is 11.4. The monoisotopic (exact) mass is 347 g/mol. The Labute approximate surface area is 142 Å². The summed E-state index contributed by atoms with van der Waals surface area (Å²) in [6.07, 6.45) is 3.38. The smallest absolute Gasteiger partial charge is 0.235 e. The fraction of sp³-hybridized carbons (Fsp3) is 0.294. The number of amides is 1. The van der Waals surface area contributed by atoms with E-state index in [9.17, 15) is 13.2 Å². The van der Waals surface area contributed by atoms with Crippen molar-refractivity contribution >= 4 is 15.9 Å². The molecule has 128 valence electrons. The molecule has 0 spiro atoms. The molecule has 7 heteroatoms. The number of nitrogens with zero attached hydrogens (tertiary/aromatic N) is 2. The Morgan fingerprint density at radius 3 is 2.46 bits per heavy atom. The predicted octanol–water partition coefficient (Wildman–Crippen LogP) is 1.20. The van der Waals surface area contributed by atoms with E-state index in [1.807, 2.05) is 30.3 Å². The Balaban J connectivity index is 1.88. The lowest BCUT2D eigenvalue weighted by atomic mass is 10.1. The molecule has 0 unspecified atom stereocenters. The highest BCUT2D eigenvalue weighted by atomic mass is 32.2. The van der Waals surface area contributed by atoms with Gasteiger partial charge in [-0.1, -0.05) is 36.4 Å². The van der Waals surface area contributed by atoms with Crippen molar-refractivity contribution in [1.29, 1.82) is 0 Å². The van der Waals surface area contributed by atoms with Crippen LogP contribution >= 0.6 is 0 Å². The molecule has 0 fully saturated rings. The van der Waals surface area contributed by atoms with Crippen LogP contribution in [-0.2, 0) is 27.8 Å². The third-order valence-corrected chi connectivity index (χ3v) is 4.63. The van der Waals surface area contributed by atoms with Crippen LogP contribution in [-0.4, -0.2) is 43.0 Å². The Morgan fingerprint density at radius 2 is 1.83 bits per heavy atom. The van der Waals surface area contributed by atoms with Crippen molar-refractivity contribution in [2.75, 3.05) is 19.3 Å². The van der Waals surface area contributed by atoms with Crippen molar-refractivity contribution in [2.45, 2.75) is 13.0 Å². The number of hydrogen-bond donors (Lipinski definition) is 1. The number of sulfonamides is 1. The van der Waals surface area contributed by atoms with E-state index >= 15 is 0 Å². The number of aromatic nitrogens is 1. The van der Waals surface area contributed by atoms with Gasteiger partial charge in [0.1, 0.15) is 0 Å². The summed E-state index contributed by atoms with van der Waals surface area (Å²) < 4.78 is 24.9. The van der Waals surface area contributed by atoms with E-state index in [1.165, 1.54) is 0 Å². The number of hydrogen-bond acceptors (Lipinski definition) is 4. The number of benzene rings is 1. The SMILES string of the molecule is CS(=O)(=O)N(CC(=O)NCCc1ccccc1)Cc1ccccn1. The summed E-state index contributed by atoms with van der Waals surface area (Å²) in [5.41, 5.74) is 1.71. The molecule has 0 radical (unpaired) electrons. The van der Waals surface area contributed by atoms with Gasteiger partial charge < -0.3 is 5.32 Å². The molecule has 2 rings (SSSR count). The fourth-order valence-corrected chi connectivity index (χ4v) is 2.89. The largest absolute Gasteiger partial charge is 0.355 e. The minimum Gasteiger partial charge on any atom is -0.355 e. The minimum atomic E-state index is -3.50. The van der Waals surface area contributed by atoms with Gasteiger partial charge in [-0.3, -0.25) is 9.78 Å². The maximum atomic E-state index is 12.0. The first kappa shape index (κ1) is 18.1. The summed E-state index contributed by atoms with van der Waals surface area (Å²) >= 11 is 0. The molecule has 1 amide bonds. The zero-order valence-corrected chi connectivity index (χ0v) is 14.4. The summed E-state index contributed by atoms with van der Waals surface area (Å²) in [4.78, 5) is 16.1. The molecule has 0 saturated heterocycles. The lowest BCUT2D eigenvalue weighted by Gasteiger charge is -2.19. The highest BCUT2D eigenvalue weighted by molar-refractivity contribution is 7.88. The Morgan fingerprint density at radius 1 is 1.12 bits per heavy atom. The van der Waals surface area contributed by atoms with Crippen LogP contribution in [0.5, 0.6) is 0 Å². The molecule has 6 nitrogen and oxygen atoms in total. The molecule has 0 saturated carbocycles. The number of pyridine rings is 1. The average Bonchev–Trinajstić information content (AvgIpc) is 2.55. The van der Waals surface area contributed by atoms with Gasteiger partial charge in [0.05, 0.1) is 25.0 Å². The van der Waals surface area contributed by atoms with Crippen LogP contribution in [0.1, 0.15) is 11.3 Å². The second kappa shape index (κ2) is 8.56. The Kier molecular flexibility index (Phi) is 6.45. The molecule has 0 atom stereocenters. The zero-order chi connectivity index (χ0) is 17.4. The van der Waals surface area contributed by atoms with Crippen molar-refractivity contribution in [3.63, 3.8) is 0 Å². The van der Waals surface area contributed by atoms with E-state index < -0.39 is 10.0 Å². The van der Waals surface area contributed by atoms with Gasteiger partial charge in [0, 0.05) is 12.7 Å².